The first kappa shape index (κ1) is 19.6. The van der Waals surface area contributed by atoms with Gasteiger partial charge in [0, 0.05) is 37.6 Å². The van der Waals surface area contributed by atoms with Gasteiger partial charge in [0.05, 0.1) is 17.9 Å². The summed E-state index contributed by atoms with van der Waals surface area (Å²) in [4.78, 5) is 38.4. The molecule has 8 heteroatoms. The highest BCUT2D eigenvalue weighted by Gasteiger charge is 2.51. The van der Waals surface area contributed by atoms with Crippen LogP contribution < -0.4 is 10.6 Å². The van der Waals surface area contributed by atoms with E-state index in [0.717, 1.165) is 5.56 Å². The SMILES string of the molecule is O=C1CCC(C(=O)N2CC(Cc3ccc(Cl)cc3)(C(=O)NCCO)C2)CN1. The van der Waals surface area contributed by atoms with Crippen LogP contribution in [0.25, 0.3) is 0 Å². The zero-order chi connectivity index (χ0) is 19.4. The third-order valence-corrected chi connectivity index (χ3v) is 5.50. The number of nitrogens with zero attached hydrogens (tertiary/aromatic N) is 1. The predicted molar refractivity (Wildman–Crippen MR) is 100.0 cm³/mol. The summed E-state index contributed by atoms with van der Waals surface area (Å²) in [7, 11) is 0. The molecule has 0 saturated carbocycles. The van der Waals surface area contributed by atoms with Gasteiger partial charge in [-0.15, -0.1) is 0 Å². The third kappa shape index (κ3) is 4.42. The highest BCUT2D eigenvalue weighted by molar-refractivity contribution is 6.30. The van der Waals surface area contributed by atoms with Gasteiger partial charge in [-0.2, -0.15) is 0 Å². The number of nitrogens with one attached hydrogen (secondary N) is 2. The van der Waals surface area contributed by atoms with Gasteiger partial charge >= 0.3 is 0 Å². The number of aliphatic hydroxyl groups is 1. The van der Waals surface area contributed by atoms with Crippen LogP contribution in [0.2, 0.25) is 5.02 Å². The molecule has 2 heterocycles. The Hall–Kier alpha value is -2.12. The Morgan fingerprint density at radius 3 is 2.59 bits per heavy atom. The highest BCUT2D eigenvalue weighted by atomic mass is 35.5. The molecule has 146 valence electrons. The number of hydrogen-bond donors (Lipinski definition) is 3. The van der Waals surface area contributed by atoms with Crippen LogP contribution in [0, 0.1) is 11.3 Å². The van der Waals surface area contributed by atoms with Crippen LogP contribution in [0.5, 0.6) is 0 Å². The molecule has 7 nitrogen and oxygen atoms in total. The quantitative estimate of drug-likeness (QED) is 0.649. The maximum atomic E-state index is 12.7. The number of amides is 3. The second-order valence-corrected chi connectivity index (χ2v) is 7.73. The molecule has 1 atom stereocenters. The van der Waals surface area contributed by atoms with Crippen molar-refractivity contribution in [3.8, 4) is 0 Å². The molecule has 1 aromatic rings. The third-order valence-electron chi connectivity index (χ3n) is 5.25. The number of carbonyl (C=O) groups excluding carboxylic acids is 3. The summed E-state index contributed by atoms with van der Waals surface area (Å²) < 4.78 is 0. The van der Waals surface area contributed by atoms with Crippen molar-refractivity contribution in [3.05, 3.63) is 34.9 Å². The first-order chi connectivity index (χ1) is 12.9. The number of carbonyl (C=O) groups is 3. The second-order valence-electron chi connectivity index (χ2n) is 7.30. The molecular formula is C19H24ClN3O4. The van der Waals surface area contributed by atoms with E-state index in [1.807, 2.05) is 12.1 Å². The lowest BCUT2D eigenvalue weighted by Crippen LogP contribution is -2.67. The molecular weight excluding hydrogens is 370 g/mol. The standard InChI is InChI=1S/C19H24ClN3O4/c20-15-4-1-13(2-5-15)9-19(18(27)21-7-8-24)11-23(12-19)17(26)14-3-6-16(25)22-10-14/h1-2,4-5,14,24H,3,6-12H2,(H,21,27)(H,22,25). The van der Waals surface area contributed by atoms with E-state index in [4.69, 9.17) is 16.7 Å². The van der Waals surface area contributed by atoms with Gasteiger partial charge in [-0.1, -0.05) is 23.7 Å². The molecule has 0 bridgehead atoms. The predicted octanol–water partition coefficient (Wildman–Crippen LogP) is 0.346. The normalized spacial score (nSPS) is 21.2. The Morgan fingerprint density at radius 1 is 1.30 bits per heavy atom. The fourth-order valence-corrected chi connectivity index (χ4v) is 3.85. The van der Waals surface area contributed by atoms with E-state index >= 15 is 0 Å². The number of piperidine rings is 1. The molecule has 0 aromatic heterocycles. The second kappa shape index (κ2) is 8.27. The number of benzene rings is 1. The van der Waals surface area contributed by atoms with E-state index in [1.54, 1.807) is 17.0 Å². The van der Waals surface area contributed by atoms with Crippen LogP contribution in [0.1, 0.15) is 18.4 Å². The molecule has 2 fully saturated rings. The Kier molecular flexibility index (Phi) is 6.01. The number of aliphatic hydroxyl groups excluding tert-OH is 1. The number of halogens is 1. The molecule has 2 saturated heterocycles. The van der Waals surface area contributed by atoms with Gasteiger partial charge in [0.15, 0.2) is 0 Å². The first-order valence-electron chi connectivity index (χ1n) is 9.13. The Morgan fingerprint density at radius 2 is 2.00 bits per heavy atom. The van der Waals surface area contributed by atoms with Crippen molar-refractivity contribution in [2.75, 3.05) is 32.8 Å². The Balaban J connectivity index is 1.67. The van der Waals surface area contributed by atoms with Crippen molar-refractivity contribution < 1.29 is 19.5 Å². The molecule has 2 aliphatic heterocycles. The van der Waals surface area contributed by atoms with Crippen molar-refractivity contribution >= 4 is 29.3 Å². The van der Waals surface area contributed by atoms with Gasteiger partial charge < -0.3 is 20.6 Å². The van der Waals surface area contributed by atoms with E-state index < -0.39 is 5.41 Å². The molecule has 3 N–H and O–H groups in total. The molecule has 2 aliphatic rings. The van der Waals surface area contributed by atoms with Crippen molar-refractivity contribution in [1.82, 2.24) is 15.5 Å². The monoisotopic (exact) mass is 393 g/mol. The average Bonchev–Trinajstić information content (AvgIpc) is 2.64. The van der Waals surface area contributed by atoms with Gasteiger partial charge in [0.25, 0.3) is 0 Å². The van der Waals surface area contributed by atoms with Gasteiger partial charge in [-0.25, -0.2) is 0 Å². The fourth-order valence-electron chi connectivity index (χ4n) is 3.73. The van der Waals surface area contributed by atoms with Crippen molar-refractivity contribution in [2.45, 2.75) is 19.3 Å². The van der Waals surface area contributed by atoms with Crippen LogP contribution in [0.4, 0.5) is 0 Å². The highest BCUT2D eigenvalue weighted by Crippen LogP contribution is 2.36. The minimum absolute atomic E-state index is 0.0170. The lowest BCUT2D eigenvalue weighted by atomic mass is 9.73. The molecule has 0 spiro atoms. The smallest absolute Gasteiger partial charge is 0.230 e. The number of hydrogen-bond acceptors (Lipinski definition) is 4. The summed E-state index contributed by atoms with van der Waals surface area (Å²) in [6.07, 6.45) is 1.39. The topological polar surface area (TPSA) is 98.7 Å². The Labute approximate surface area is 163 Å². The van der Waals surface area contributed by atoms with Gasteiger partial charge in [-0.05, 0) is 30.5 Å². The van der Waals surface area contributed by atoms with Gasteiger partial charge in [-0.3, -0.25) is 14.4 Å². The van der Waals surface area contributed by atoms with E-state index in [0.29, 0.717) is 43.9 Å². The van der Waals surface area contributed by atoms with Crippen LogP contribution >= 0.6 is 11.6 Å². The first-order valence-corrected chi connectivity index (χ1v) is 9.50. The van der Waals surface area contributed by atoms with E-state index in [1.165, 1.54) is 0 Å². The fraction of sp³-hybridized carbons (Fsp3) is 0.526. The zero-order valence-corrected chi connectivity index (χ0v) is 15.8. The summed E-state index contributed by atoms with van der Waals surface area (Å²) in [6, 6.07) is 7.32. The zero-order valence-electron chi connectivity index (χ0n) is 15.0. The molecule has 1 unspecified atom stereocenters. The molecule has 0 aliphatic carbocycles. The molecule has 3 amide bonds. The van der Waals surface area contributed by atoms with E-state index in [-0.39, 0.29) is 36.8 Å². The largest absolute Gasteiger partial charge is 0.395 e. The summed E-state index contributed by atoms with van der Waals surface area (Å²) in [6.45, 7) is 1.07. The minimum atomic E-state index is -0.712. The molecule has 0 radical (unpaired) electrons. The van der Waals surface area contributed by atoms with Crippen LogP contribution in [-0.4, -0.2) is 60.5 Å². The minimum Gasteiger partial charge on any atom is -0.395 e. The van der Waals surface area contributed by atoms with Crippen LogP contribution in [0.15, 0.2) is 24.3 Å². The summed E-state index contributed by atoms with van der Waals surface area (Å²) in [5, 5.41) is 15.1. The Bertz CT molecular complexity index is 706. The van der Waals surface area contributed by atoms with Crippen LogP contribution in [-0.2, 0) is 20.8 Å². The lowest BCUT2D eigenvalue weighted by molar-refractivity contribution is -0.157. The maximum absolute atomic E-state index is 12.7. The number of rotatable bonds is 6. The lowest BCUT2D eigenvalue weighted by Gasteiger charge is -2.50. The maximum Gasteiger partial charge on any atom is 0.230 e. The molecule has 3 rings (SSSR count). The average molecular weight is 394 g/mol. The summed E-state index contributed by atoms with van der Waals surface area (Å²) in [5.41, 5.74) is 0.256. The molecule has 1 aromatic carbocycles. The van der Waals surface area contributed by atoms with E-state index in [2.05, 4.69) is 10.6 Å². The summed E-state index contributed by atoms with van der Waals surface area (Å²) in [5.74, 6) is -0.427. The van der Waals surface area contributed by atoms with Crippen molar-refractivity contribution in [1.29, 1.82) is 0 Å². The summed E-state index contributed by atoms with van der Waals surface area (Å²) >= 11 is 5.93. The van der Waals surface area contributed by atoms with Crippen molar-refractivity contribution in [3.63, 3.8) is 0 Å². The van der Waals surface area contributed by atoms with Gasteiger partial charge in [0.2, 0.25) is 17.7 Å². The van der Waals surface area contributed by atoms with Gasteiger partial charge in [0.1, 0.15) is 0 Å². The van der Waals surface area contributed by atoms with Crippen LogP contribution in [0.3, 0.4) is 0 Å². The molecule has 27 heavy (non-hydrogen) atoms. The van der Waals surface area contributed by atoms with E-state index in [9.17, 15) is 14.4 Å². The number of likely N-dealkylation sites (tertiary alicyclic amines) is 1. The van der Waals surface area contributed by atoms with Crippen molar-refractivity contribution in [2.24, 2.45) is 11.3 Å².